The Morgan fingerprint density at radius 3 is 2.50 bits per heavy atom. The highest BCUT2D eigenvalue weighted by molar-refractivity contribution is 7.80. The maximum atomic E-state index is 12.9. The zero-order valence-electron chi connectivity index (χ0n) is 16.4. The molecule has 0 saturated carbocycles. The van der Waals surface area contributed by atoms with E-state index in [-0.39, 0.29) is 11.8 Å². The van der Waals surface area contributed by atoms with E-state index < -0.39 is 5.97 Å². The minimum absolute atomic E-state index is 0.300. The molecule has 0 spiro atoms. The first-order valence-corrected chi connectivity index (χ1v) is 10.4. The van der Waals surface area contributed by atoms with E-state index in [4.69, 9.17) is 40.5 Å². The summed E-state index contributed by atoms with van der Waals surface area (Å²) in [4.78, 5) is 25.9. The van der Waals surface area contributed by atoms with Crippen molar-refractivity contribution in [2.24, 2.45) is 11.0 Å². The van der Waals surface area contributed by atoms with Gasteiger partial charge in [0.25, 0.3) is 5.91 Å². The van der Waals surface area contributed by atoms with E-state index in [2.05, 4.69) is 16.0 Å². The van der Waals surface area contributed by atoms with Gasteiger partial charge >= 0.3 is 5.97 Å². The summed E-state index contributed by atoms with van der Waals surface area (Å²) in [6, 6.07) is 4.86. The molecule has 1 amide bonds. The smallest absolute Gasteiger partial charge is 0.306 e. The number of hydrazine groups is 1. The summed E-state index contributed by atoms with van der Waals surface area (Å²) in [5.74, 6) is -1.40. The number of carboxylic acids is 1. The summed E-state index contributed by atoms with van der Waals surface area (Å²) in [6.45, 7) is 4.61. The number of rotatable bonds is 4. The fraction of sp³-hybridized carbons (Fsp3) is 0.368. The normalized spacial score (nSPS) is 18.9. The van der Waals surface area contributed by atoms with E-state index >= 15 is 0 Å². The third kappa shape index (κ3) is 4.69. The lowest BCUT2D eigenvalue weighted by Crippen LogP contribution is -2.49. The van der Waals surface area contributed by atoms with Crippen molar-refractivity contribution in [1.29, 1.82) is 0 Å². The molecule has 3 N–H and O–H groups in total. The number of thiocarbonyl (C=S) groups is 1. The lowest BCUT2D eigenvalue weighted by Gasteiger charge is -2.32. The highest BCUT2D eigenvalue weighted by Crippen LogP contribution is 2.30. The van der Waals surface area contributed by atoms with Crippen LogP contribution in [0, 0.1) is 5.92 Å². The SMILES string of the molecule is CC1=NN(c2ccc(Cl)c(Cl)c2)C(=O)C1=C(C)NNC(=S)N1CCC(C(=O)O)CC1. The van der Waals surface area contributed by atoms with Crippen LogP contribution in [0.4, 0.5) is 5.69 Å². The van der Waals surface area contributed by atoms with Gasteiger partial charge in [-0.2, -0.15) is 10.1 Å². The molecular formula is C19H21Cl2N5O3S. The van der Waals surface area contributed by atoms with Crippen LogP contribution in [0.25, 0.3) is 0 Å². The second kappa shape index (κ2) is 9.20. The van der Waals surface area contributed by atoms with Crippen LogP contribution in [0.5, 0.6) is 0 Å². The molecule has 1 aromatic carbocycles. The molecule has 0 unspecified atom stereocenters. The van der Waals surface area contributed by atoms with E-state index in [1.54, 1.807) is 32.0 Å². The van der Waals surface area contributed by atoms with Crippen molar-refractivity contribution in [2.75, 3.05) is 18.1 Å². The Labute approximate surface area is 189 Å². The topological polar surface area (TPSA) is 97.3 Å². The van der Waals surface area contributed by atoms with Crippen LogP contribution in [-0.2, 0) is 9.59 Å². The van der Waals surface area contributed by atoms with Crippen LogP contribution in [0.2, 0.25) is 10.0 Å². The van der Waals surface area contributed by atoms with Crippen molar-refractivity contribution in [3.8, 4) is 0 Å². The molecule has 1 saturated heterocycles. The van der Waals surface area contributed by atoms with Gasteiger partial charge in [-0.1, -0.05) is 23.2 Å². The number of benzene rings is 1. The second-order valence-electron chi connectivity index (χ2n) is 7.06. The molecule has 0 radical (unpaired) electrons. The van der Waals surface area contributed by atoms with Gasteiger partial charge in [-0.15, -0.1) is 0 Å². The number of carboxylic acid groups (broad SMARTS) is 1. The van der Waals surface area contributed by atoms with Crippen LogP contribution < -0.4 is 15.9 Å². The molecule has 0 aromatic heterocycles. The third-order valence-electron chi connectivity index (χ3n) is 5.03. The van der Waals surface area contributed by atoms with E-state index in [0.717, 1.165) is 0 Å². The maximum Gasteiger partial charge on any atom is 0.306 e. The summed E-state index contributed by atoms with van der Waals surface area (Å²) in [5, 5.41) is 15.9. The Morgan fingerprint density at radius 2 is 1.90 bits per heavy atom. The average Bonchev–Trinajstić information content (AvgIpc) is 3.02. The van der Waals surface area contributed by atoms with Crippen LogP contribution >= 0.6 is 35.4 Å². The zero-order chi connectivity index (χ0) is 22.0. The van der Waals surface area contributed by atoms with Gasteiger partial charge in [0.15, 0.2) is 5.11 Å². The number of amides is 1. The third-order valence-corrected chi connectivity index (χ3v) is 6.13. The molecule has 8 nitrogen and oxygen atoms in total. The standard InChI is InChI=1S/C19H21Cl2N5O3S/c1-10(22-23-19(30)25-7-5-12(6-8-25)18(28)29)16-11(2)24-26(17(16)27)13-3-4-14(20)15(21)9-13/h3-4,9,12,22H,5-8H2,1-2H3,(H,23,30)(H,28,29). The predicted octanol–water partition coefficient (Wildman–Crippen LogP) is 3.17. The molecule has 11 heteroatoms. The largest absolute Gasteiger partial charge is 0.481 e. The van der Waals surface area contributed by atoms with E-state index in [9.17, 15) is 9.59 Å². The molecule has 1 fully saturated rings. The van der Waals surface area contributed by atoms with Crippen LogP contribution in [0.15, 0.2) is 34.6 Å². The number of likely N-dealkylation sites (tertiary alicyclic amines) is 1. The number of piperidine rings is 1. The summed E-state index contributed by atoms with van der Waals surface area (Å²) in [6.07, 6.45) is 1.08. The van der Waals surface area contributed by atoms with Gasteiger partial charge in [0.05, 0.1) is 32.9 Å². The Hall–Kier alpha value is -2.36. The number of anilines is 1. The van der Waals surface area contributed by atoms with Gasteiger partial charge < -0.3 is 15.4 Å². The lowest BCUT2D eigenvalue weighted by molar-refractivity contribution is -0.143. The van der Waals surface area contributed by atoms with Crippen LogP contribution in [0.1, 0.15) is 26.7 Å². The zero-order valence-corrected chi connectivity index (χ0v) is 18.7. The van der Waals surface area contributed by atoms with E-state index in [0.29, 0.717) is 63.8 Å². The molecule has 1 aromatic rings. The molecule has 0 atom stereocenters. The molecular weight excluding hydrogens is 449 g/mol. The first-order valence-electron chi connectivity index (χ1n) is 9.28. The number of nitrogens with zero attached hydrogens (tertiary/aromatic N) is 3. The van der Waals surface area contributed by atoms with Crippen molar-refractivity contribution in [1.82, 2.24) is 15.8 Å². The molecule has 0 bridgehead atoms. The van der Waals surface area contributed by atoms with Gasteiger partial charge in [-0.05, 0) is 57.1 Å². The Bertz CT molecular complexity index is 957. The highest BCUT2D eigenvalue weighted by Gasteiger charge is 2.31. The van der Waals surface area contributed by atoms with E-state index in [1.807, 2.05) is 4.90 Å². The molecule has 2 aliphatic rings. The number of hydrogen-bond acceptors (Lipinski definition) is 5. The molecule has 2 heterocycles. The van der Waals surface area contributed by atoms with Crippen LogP contribution in [0.3, 0.4) is 0 Å². The number of aliphatic carboxylic acids is 1. The summed E-state index contributed by atoms with van der Waals surface area (Å²) >= 11 is 17.4. The minimum atomic E-state index is -0.770. The first-order chi connectivity index (χ1) is 14.2. The quantitative estimate of drug-likeness (QED) is 0.353. The van der Waals surface area contributed by atoms with Crippen molar-refractivity contribution in [2.45, 2.75) is 26.7 Å². The second-order valence-corrected chi connectivity index (χ2v) is 8.26. The number of hydrogen-bond donors (Lipinski definition) is 3. The van der Waals surface area contributed by atoms with Gasteiger partial charge in [-0.3, -0.25) is 15.0 Å². The Kier molecular flexibility index (Phi) is 6.84. The lowest BCUT2D eigenvalue weighted by atomic mass is 9.97. The molecule has 3 rings (SSSR count). The number of allylic oxidation sites excluding steroid dienone is 1. The van der Waals surface area contributed by atoms with Gasteiger partial charge in [0.2, 0.25) is 0 Å². The molecule has 160 valence electrons. The van der Waals surface area contributed by atoms with Gasteiger partial charge in [0.1, 0.15) is 0 Å². The molecule has 0 aliphatic carbocycles. The predicted molar refractivity (Wildman–Crippen MR) is 121 cm³/mol. The number of carbonyl (C=O) groups excluding carboxylic acids is 1. The molecule has 30 heavy (non-hydrogen) atoms. The van der Waals surface area contributed by atoms with Gasteiger partial charge in [-0.25, -0.2) is 0 Å². The Balaban J connectivity index is 1.64. The number of halogens is 2. The van der Waals surface area contributed by atoms with Crippen molar-refractivity contribution in [3.63, 3.8) is 0 Å². The minimum Gasteiger partial charge on any atom is -0.481 e. The van der Waals surface area contributed by atoms with E-state index in [1.165, 1.54) is 5.01 Å². The summed E-state index contributed by atoms with van der Waals surface area (Å²) in [7, 11) is 0. The number of nitrogens with one attached hydrogen (secondary N) is 2. The summed E-state index contributed by atoms with van der Waals surface area (Å²) < 4.78 is 0. The fourth-order valence-corrected chi connectivity index (χ4v) is 3.87. The fourth-order valence-electron chi connectivity index (χ4n) is 3.35. The van der Waals surface area contributed by atoms with Crippen molar-refractivity contribution >= 4 is 63.8 Å². The van der Waals surface area contributed by atoms with Crippen molar-refractivity contribution in [3.05, 3.63) is 39.5 Å². The van der Waals surface area contributed by atoms with Crippen LogP contribution in [-0.4, -0.2) is 45.8 Å². The Morgan fingerprint density at radius 1 is 1.23 bits per heavy atom. The number of carbonyl (C=O) groups is 2. The van der Waals surface area contributed by atoms with Crippen molar-refractivity contribution < 1.29 is 14.7 Å². The monoisotopic (exact) mass is 469 g/mol. The maximum absolute atomic E-state index is 12.9. The number of hydrazone groups is 1. The summed E-state index contributed by atoms with van der Waals surface area (Å²) in [5.41, 5.74) is 7.93. The highest BCUT2D eigenvalue weighted by atomic mass is 35.5. The van der Waals surface area contributed by atoms with Gasteiger partial charge in [0, 0.05) is 18.8 Å². The average molecular weight is 470 g/mol. The first kappa shape index (κ1) is 22.3. The molecule has 2 aliphatic heterocycles.